The van der Waals surface area contributed by atoms with Gasteiger partial charge in [-0.1, -0.05) is 0 Å². The number of methoxy groups -OCH3 is 1. The standard InChI is InChI=1S/C25H30F4N6O3/c1-38-20-10-16(17(26)13-31-20)18-11-19(34-33-18)22(37)35-9-4-14(12-23(35)7-8-23)21(36)32-15-2-5-24(30,6-3-15)25(27,28)29/h10-11,13-15H,2-9,12,30H2,1H3,(H,32,36)(H,33,34)/t14-,15?,24?/m0/s1. The van der Waals surface area contributed by atoms with Crippen molar-refractivity contribution in [3.05, 3.63) is 29.8 Å². The van der Waals surface area contributed by atoms with Crippen LogP contribution in [0.15, 0.2) is 18.3 Å². The van der Waals surface area contributed by atoms with Crippen molar-refractivity contribution < 1.29 is 31.9 Å². The summed E-state index contributed by atoms with van der Waals surface area (Å²) in [6.45, 7) is 0.348. The number of hydrogen-bond donors (Lipinski definition) is 3. The van der Waals surface area contributed by atoms with Gasteiger partial charge in [0.15, 0.2) is 11.5 Å². The number of hydrogen-bond acceptors (Lipinski definition) is 6. The molecule has 13 heteroatoms. The predicted octanol–water partition coefficient (Wildman–Crippen LogP) is 3.32. The number of piperidine rings is 1. The minimum atomic E-state index is -4.46. The van der Waals surface area contributed by atoms with Crippen molar-refractivity contribution in [2.75, 3.05) is 13.7 Å². The van der Waals surface area contributed by atoms with E-state index in [2.05, 4.69) is 20.5 Å². The van der Waals surface area contributed by atoms with Crippen molar-refractivity contribution in [1.82, 2.24) is 25.4 Å². The quantitative estimate of drug-likeness (QED) is 0.502. The summed E-state index contributed by atoms with van der Waals surface area (Å²) < 4.78 is 58.9. The Morgan fingerprint density at radius 1 is 1.18 bits per heavy atom. The number of halogens is 4. The number of nitrogens with zero attached hydrogens (tertiary/aromatic N) is 3. The van der Waals surface area contributed by atoms with Crippen LogP contribution in [-0.4, -0.2) is 68.8 Å². The van der Waals surface area contributed by atoms with Crippen LogP contribution >= 0.6 is 0 Å². The second kappa shape index (κ2) is 9.51. The van der Waals surface area contributed by atoms with E-state index < -0.39 is 23.1 Å². The van der Waals surface area contributed by atoms with E-state index in [4.69, 9.17) is 10.5 Å². The number of alkyl halides is 3. The Balaban J connectivity index is 1.20. The molecule has 0 radical (unpaired) electrons. The summed E-state index contributed by atoms with van der Waals surface area (Å²) in [4.78, 5) is 31.9. The van der Waals surface area contributed by atoms with Crippen molar-refractivity contribution in [2.24, 2.45) is 11.7 Å². The molecule has 5 rings (SSSR count). The molecule has 0 unspecified atom stereocenters. The zero-order valence-corrected chi connectivity index (χ0v) is 20.9. The molecule has 3 fully saturated rings. The number of aromatic amines is 1. The van der Waals surface area contributed by atoms with E-state index in [1.165, 1.54) is 19.2 Å². The molecule has 4 N–H and O–H groups in total. The van der Waals surface area contributed by atoms with Gasteiger partial charge in [0.25, 0.3) is 5.91 Å². The van der Waals surface area contributed by atoms with Crippen LogP contribution < -0.4 is 15.8 Å². The Hall–Kier alpha value is -3.22. The number of carbonyl (C=O) groups excluding carboxylic acids is 2. The Bertz CT molecular complexity index is 1220. The number of pyridine rings is 1. The van der Waals surface area contributed by atoms with Crippen molar-refractivity contribution in [3.63, 3.8) is 0 Å². The maximum atomic E-state index is 14.3. The van der Waals surface area contributed by atoms with Gasteiger partial charge in [-0.3, -0.25) is 14.7 Å². The van der Waals surface area contributed by atoms with Crippen LogP contribution in [-0.2, 0) is 4.79 Å². The van der Waals surface area contributed by atoms with Gasteiger partial charge in [0.05, 0.1) is 19.0 Å². The normalized spacial score (nSPS) is 26.7. The first kappa shape index (κ1) is 26.4. The SMILES string of the molecule is COc1cc(-c2cc(C(=O)N3CC[C@H](C(=O)NC4CCC(N)(C(F)(F)F)CC4)CC34CC4)n[nH]2)c(F)cn1. The van der Waals surface area contributed by atoms with Gasteiger partial charge in [-0.25, -0.2) is 9.37 Å². The van der Waals surface area contributed by atoms with Crippen molar-refractivity contribution in [3.8, 4) is 17.1 Å². The van der Waals surface area contributed by atoms with Gasteiger partial charge in [-0.05, 0) is 57.4 Å². The molecule has 1 aliphatic heterocycles. The molecule has 2 aliphatic carbocycles. The highest BCUT2D eigenvalue weighted by Crippen LogP contribution is 2.50. The third kappa shape index (κ3) is 4.83. The molecule has 1 saturated heterocycles. The maximum absolute atomic E-state index is 14.3. The van der Waals surface area contributed by atoms with Crippen LogP contribution in [0.3, 0.4) is 0 Å². The second-order valence-corrected chi connectivity index (χ2v) is 10.7. The van der Waals surface area contributed by atoms with Gasteiger partial charge >= 0.3 is 6.18 Å². The fourth-order valence-corrected chi connectivity index (χ4v) is 5.68. The molecule has 1 atom stereocenters. The average molecular weight is 539 g/mol. The molecule has 1 spiro atoms. The first-order valence-electron chi connectivity index (χ1n) is 12.7. The lowest BCUT2D eigenvalue weighted by Gasteiger charge is -2.41. The molecular weight excluding hydrogens is 508 g/mol. The molecule has 3 aliphatic rings. The summed E-state index contributed by atoms with van der Waals surface area (Å²) in [6, 6.07) is 2.55. The Labute approximate surface area is 216 Å². The summed E-state index contributed by atoms with van der Waals surface area (Å²) in [5.74, 6) is -1.19. The van der Waals surface area contributed by atoms with E-state index in [0.717, 1.165) is 19.0 Å². The lowest BCUT2D eigenvalue weighted by atomic mass is 9.79. The number of rotatable bonds is 5. The number of carbonyl (C=O) groups is 2. The van der Waals surface area contributed by atoms with Gasteiger partial charge in [-0.15, -0.1) is 0 Å². The molecule has 0 bridgehead atoms. The molecule has 206 valence electrons. The number of nitrogens with two attached hydrogens (primary N) is 1. The van der Waals surface area contributed by atoms with Crippen molar-refractivity contribution in [2.45, 2.75) is 74.7 Å². The Kier molecular flexibility index (Phi) is 6.60. The van der Waals surface area contributed by atoms with Crippen LogP contribution in [0.25, 0.3) is 11.3 Å². The molecule has 2 aromatic rings. The molecule has 9 nitrogen and oxygen atoms in total. The summed E-state index contributed by atoms with van der Waals surface area (Å²) >= 11 is 0. The first-order chi connectivity index (χ1) is 17.9. The van der Waals surface area contributed by atoms with E-state index in [0.29, 0.717) is 25.1 Å². The highest BCUT2D eigenvalue weighted by molar-refractivity contribution is 5.94. The summed E-state index contributed by atoms with van der Waals surface area (Å²) in [7, 11) is 1.42. The van der Waals surface area contributed by atoms with Crippen LogP contribution in [0.1, 0.15) is 61.9 Å². The van der Waals surface area contributed by atoms with E-state index >= 15 is 0 Å². The number of likely N-dealkylation sites (tertiary alicyclic amines) is 1. The van der Waals surface area contributed by atoms with E-state index in [9.17, 15) is 27.2 Å². The van der Waals surface area contributed by atoms with E-state index in [1.54, 1.807) is 4.90 Å². The van der Waals surface area contributed by atoms with Gasteiger partial charge in [-0.2, -0.15) is 18.3 Å². The van der Waals surface area contributed by atoms with Gasteiger partial charge < -0.3 is 20.7 Å². The molecule has 3 heterocycles. The molecule has 2 aromatic heterocycles. The van der Waals surface area contributed by atoms with Crippen LogP contribution in [0, 0.1) is 11.7 Å². The summed E-state index contributed by atoms with van der Waals surface area (Å²) in [5, 5.41) is 9.73. The third-order valence-corrected chi connectivity index (χ3v) is 8.26. The van der Waals surface area contributed by atoms with Crippen LogP contribution in [0.5, 0.6) is 5.88 Å². The zero-order valence-electron chi connectivity index (χ0n) is 20.9. The smallest absolute Gasteiger partial charge is 0.406 e. The monoisotopic (exact) mass is 538 g/mol. The van der Waals surface area contributed by atoms with Crippen molar-refractivity contribution >= 4 is 11.8 Å². The molecule has 38 heavy (non-hydrogen) atoms. The summed E-state index contributed by atoms with van der Waals surface area (Å²) in [6.07, 6.45) is -1.11. The largest absolute Gasteiger partial charge is 0.481 e. The lowest BCUT2D eigenvalue weighted by molar-refractivity contribution is -0.194. The highest BCUT2D eigenvalue weighted by Gasteiger charge is 2.56. The highest BCUT2D eigenvalue weighted by atomic mass is 19.4. The Morgan fingerprint density at radius 2 is 1.89 bits per heavy atom. The number of amides is 2. The molecule has 0 aromatic carbocycles. The minimum absolute atomic E-state index is 0.140. The molecular formula is C25H30F4N6O3. The van der Waals surface area contributed by atoms with Gasteiger partial charge in [0, 0.05) is 35.7 Å². The fourth-order valence-electron chi connectivity index (χ4n) is 5.68. The van der Waals surface area contributed by atoms with Crippen LogP contribution in [0.2, 0.25) is 0 Å². The summed E-state index contributed by atoms with van der Waals surface area (Å²) in [5.41, 5.74) is 3.53. The second-order valence-electron chi connectivity index (χ2n) is 10.7. The van der Waals surface area contributed by atoms with Crippen LogP contribution in [0.4, 0.5) is 17.6 Å². The van der Waals surface area contributed by atoms with E-state index in [1.807, 2.05) is 0 Å². The van der Waals surface area contributed by atoms with Crippen molar-refractivity contribution in [1.29, 1.82) is 0 Å². The first-order valence-corrected chi connectivity index (χ1v) is 12.7. The third-order valence-electron chi connectivity index (χ3n) is 8.26. The molecule has 2 saturated carbocycles. The topological polar surface area (TPSA) is 126 Å². The maximum Gasteiger partial charge on any atom is 0.406 e. The number of aromatic nitrogens is 3. The average Bonchev–Trinajstić information content (AvgIpc) is 3.46. The van der Waals surface area contributed by atoms with Gasteiger partial charge in [0.1, 0.15) is 5.54 Å². The van der Waals surface area contributed by atoms with E-state index in [-0.39, 0.29) is 66.6 Å². The Morgan fingerprint density at radius 3 is 2.53 bits per heavy atom. The number of H-pyrrole nitrogens is 1. The number of ether oxygens (including phenoxy) is 1. The number of nitrogens with one attached hydrogen (secondary N) is 2. The van der Waals surface area contributed by atoms with Gasteiger partial charge in [0.2, 0.25) is 11.8 Å². The fraction of sp³-hybridized carbons (Fsp3) is 0.600. The lowest BCUT2D eigenvalue weighted by Crippen LogP contribution is -2.58. The molecule has 2 amide bonds. The zero-order chi connectivity index (χ0) is 27.3. The minimum Gasteiger partial charge on any atom is -0.481 e. The predicted molar refractivity (Wildman–Crippen MR) is 127 cm³/mol.